The number of carbonyl (C=O) groups excluding carboxylic acids is 1. The summed E-state index contributed by atoms with van der Waals surface area (Å²) >= 11 is 5.85. The van der Waals surface area contributed by atoms with Crippen LogP contribution in [0.4, 0.5) is 11.4 Å². The number of hydrogen-bond donors (Lipinski definition) is 2. The molecule has 2 rings (SSSR count). The highest BCUT2D eigenvalue weighted by Crippen LogP contribution is 2.20. The molecule has 5 nitrogen and oxygen atoms in total. The van der Waals surface area contributed by atoms with Crippen LogP contribution in [0.2, 0.25) is 5.02 Å². The summed E-state index contributed by atoms with van der Waals surface area (Å²) in [6.07, 6.45) is 1.73. The average Bonchev–Trinajstić information content (AvgIpc) is 2.61. The SMILES string of the molecule is Cc1nn(C)cc1NC(=O)c1cc(Cl)ccc1N. The lowest BCUT2D eigenvalue weighted by molar-refractivity contribution is 0.102. The summed E-state index contributed by atoms with van der Waals surface area (Å²) in [6.45, 7) is 1.82. The molecule has 0 atom stereocenters. The Bertz CT molecular complexity index is 606. The predicted molar refractivity (Wildman–Crippen MR) is 71.8 cm³/mol. The maximum absolute atomic E-state index is 12.1. The molecule has 0 bridgehead atoms. The van der Waals surface area contributed by atoms with Crippen molar-refractivity contribution in [2.75, 3.05) is 11.1 Å². The fourth-order valence-electron chi connectivity index (χ4n) is 1.64. The molecule has 0 spiro atoms. The number of aryl methyl sites for hydroxylation is 2. The average molecular weight is 265 g/mol. The Morgan fingerprint density at radius 1 is 1.50 bits per heavy atom. The second-order valence-electron chi connectivity index (χ2n) is 3.99. The van der Waals surface area contributed by atoms with Crippen molar-refractivity contribution < 1.29 is 4.79 Å². The van der Waals surface area contributed by atoms with Crippen molar-refractivity contribution in [2.24, 2.45) is 7.05 Å². The molecule has 1 aromatic heterocycles. The first-order valence-corrected chi connectivity index (χ1v) is 5.72. The fourth-order valence-corrected chi connectivity index (χ4v) is 1.81. The number of benzene rings is 1. The van der Waals surface area contributed by atoms with Crippen molar-refractivity contribution in [1.29, 1.82) is 0 Å². The fraction of sp³-hybridized carbons (Fsp3) is 0.167. The number of nitrogens with zero attached hydrogens (tertiary/aromatic N) is 2. The van der Waals surface area contributed by atoms with E-state index in [9.17, 15) is 4.79 Å². The molecule has 94 valence electrons. The number of anilines is 2. The van der Waals surface area contributed by atoms with Gasteiger partial charge in [-0.2, -0.15) is 5.10 Å². The number of halogens is 1. The minimum absolute atomic E-state index is 0.300. The van der Waals surface area contributed by atoms with E-state index in [1.165, 1.54) is 6.07 Å². The van der Waals surface area contributed by atoms with E-state index in [4.69, 9.17) is 17.3 Å². The van der Waals surface area contributed by atoms with Gasteiger partial charge in [-0.15, -0.1) is 0 Å². The van der Waals surface area contributed by atoms with Crippen LogP contribution in [0.5, 0.6) is 0 Å². The first-order valence-electron chi connectivity index (χ1n) is 5.34. The van der Waals surface area contributed by atoms with Gasteiger partial charge in [-0.25, -0.2) is 0 Å². The van der Waals surface area contributed by atoms with Crippen molar-refractivity contribution in [3.63, 3.8) is 0 Å². The third kappa shape index (κ3) is 2.46. The van der Waals surface area contributed by atoms with Crippen LogP contribution in [0.1, 0.15) is 16.1 Å². The molecular formula is C12H13ClN4O. The van der Waals surface area contributed by atoms with Crippen LogP contribution in [0.3, 0.4) is 0 Å². The quantitative estimate of drug-likeness (QED) is 0.817. The Balaban J connectivity index is 2.27. The third-order valence-electron chi connectivity index (χ3n) is 2.52. The topological polar surface area (TPSA) is 72.9 Å². The normalized spacial score (nSPS) is 10.4. The molecule has 1 amide bonds. The van der Waals surface area contributed by atoms with E-state index in [0.29, 0.717) is 22.0 Å². The monoisotopic (exact) mass is 264 g/mol. The van der Waals surface area contributed by atoms with Crippen molar-refractivity contribution in [3.05, 3.63) is 40.7 Å². The van der Waals surface area contributed by atoms with Gasteiger partial charge in [-0.05, 0) is 25.1 Å². The lowest BCUT2D eigenvalue weighted by Crippen LogP contribution is -2.14. The molecule has 0 aliphatic heterocycles. The van der Waals surface area contributed by atoms with Crippen LogP contribution >= 0.6 is 11.6 Å². The molecule has 1 heterocycles. The van der Waals surface area contributed by atoms with Crippen LogP contribution < -0.4 is 11.1 Å². The summed E-state index contributed by atoms with van der Waals surface area (Å²) in [4.78, 5) is 12.1. The molecule has 6 heteroatoms. The summed E-state index contributed by atoms with van der Waals surface area (Å²) in [5.74, 6) is -0.300. The van der Waals surface area contributed by atoms with Crippen molar-refractivity contribution in [1.82, 2.24) is 9.78 Å². The highest BCUT2D eigenvalue weighted by Gasteiger charge is 2.13. The van der Waals surface area contributed by atoms with E-state index in [-0.39, 0.29) is 5.91 Å². The molecule has 18 heavy (non-hydrogen) atoms. The zero-order valence-electron chi connectivity index (χ0n) is 10.1. The van der Waals surface area contributed by atoms with Crippen LogP contribution in [0.15, 0.2) is 24.4 Å². The zero-order chi connectivity index (χ0) is 13.3. The number of nitrogen functional groups attached to an aromatic ring is 1. The van der Waals surface area contributed by atoms with E-state index in [1.807, 2.05) is 6.92 Å². The third-order valence-corrected chi connectivity index (χ3v) is 2.76. The summed E-state index contributed by atoms with van der Waals surface area (Å²) in [5.41, 5.74) is 7.88. The Morgan fingerprint density at radius 2 is 2.22 bits per heavy atom. The van der Waals surface area contributed by atoms with Gasteiger partial charge in [-0.3, -0.25) is 9.48 Å². The van der Waals surface area contributed by atoms with Gasteiger partial charge < -0.3 is 11.1 Å². The van der Waals surface area contributed by atoms with E-state index < -0.39 is 0 Å². The van der Waals surface area contributed by atoms with E-state index in [1.54, 1.807) is 30.1 Å². The van der Waals surface area contributed by atoms with Gasteiger partial charge >= 0.3 is 0 Å². The Kier molecular flexibility index (Phi) is 3.25. The summed E-state index contributed by atoms with van der Waals surface area (Å²) in [6, 6.07) is 4.79. The van der Waals surface area contributed by atoms with Gasteiger partial charge in [0.25, 0.3) is 5.91 Å². The Labute approximate surface area is 110 Å². The highest BCUT2D eigenvalue weighted by atomic mass is 35.5. The molecule has 0 aliphatic rings. The van der Waals surface area contributed by atoms with Crippen LogP contribution in [-0.4, -0.2) is 15.7 Å². The molecule has 3 N–H and O–H groups in total. The molecule has 0 saturated carbocycles. The smallest absolute Gasteiger partial charge is 0.257 e. The number of rotatable bonds is 2. The van der Waals surface area contributed by atoms with E-state index in [0.717, 1.165) is 5.69 Å². The van der Waals surface area contributed by atoms with Gasteiger partial charge in [0.05, 0.1) is 16.9 Å². The minimum atomic E-state index is -0.300. The lowest BCUT2D eigenvalue weighted by Gasteiger charge is -2.06. The molecular weight excluding hydrogens is 252 g/mol. The number of nitrogens with two attached hydrogens (primary N) is 1. The van der Waals surface area contributed by atoms with Crippen molar-refractivity contribution >= 4 is 28.9 Å². The number of nitrogens with one attached hydrogen (secondary N) is 1. The molecule has 2 aromatic rings. The molecule has 0 aliphatic carbocycles. The molecule has 0 fully saturated rings. The maximum Gasteiger partial charge on any atom is 0.257 e. The first kappa shape index (κ1) is 12.4. The second-order valence-corrected chi connectivity index (χ2v) is 4.42. The first-order chi connectivity index (χ1) is 8.47. The standard InChI is InChI=1S/C12H13ClN4O/c1-7-11(6-17(2)16-7)15-12(18)9-5-8(13)3-4-10(9)14/h3-6H,14H2,1-2H3,(H,15,18). The van der Waals surface area contributed by atoms with Gasteiger partial charge in [0, 0.05) is 24.0 Å². The van der Waals surface area contributed by atoms with Crippen LogP contribution in [0, 0.1) is 6.92 Å². The summed E-state index contributed by atoms with van der Waals surface area (Å²) in [7, 11) is 1.79. The van der Waals surface area contributed by atoms with Crippen LogP contribution in [-0.2, 0) is 7.05 Å². The van der Waals surface area contributed by atoms with Crippen molar-refractivity contribution in [3.8, 4) is 0 Å². The Morgan fingerprint density at radius 3 is 2.83 bits per heavy atom. The second kappa shape index (κ2) is 4.70. The maximum atomic E-state index is 12.1. The summed E-state index contributed by atoms with van der Waals surface area (Å²) < 4.78 is 1.63. The molecule has 0 saturated heterocycles. The predicted octanol–water partition coefficient (Wildman–Crippen LogP) is 2.22. The van der Waals surface area contributed by atoms with Gasteiger partial charge in [0.1, 0.15) is 0 Å². The number of aromatic nitrogens is 2. The molecule has 1 aromatic carbocycles. The number of carbonyl (C=O) groups is 1. The number of amides is 1. The van der Waals surface area contributed by atoms with Crippen molar-refractivity contribution in [2.45, 2.75) is 6.92 Å². The highest BCUT2D eigenvalue weighted by molar-refractivity contribution is 6.31. The molecule has 0 unspecified atom stereocenters. The lowest BCUT2D eigenvalue weighted by atomic mass is 10.1. The van der Waals surface area contributed by atoms with E-state index in [2.05, 4.69) is 10.4 Å². The minimum Gasteiger partial charge on any atom is -0.398 e. The van der Waals surface area contributed by atoms with E-state index >= 15 is 0 Å². The van der Waals surface area contributed by atoms with Gasteiger partial charge in [-0.1, -0.05) is 11.6 Å². The van der Waals surface area contributed by atoms with Crippen LogP contribution in [0.25, 0.3) is 0 Å². The van der Waals surface area contributed by atoms with Gasteiger partial charge in [0.2, 0.25) is 0 Å². The zero-order valence-corrected chi connectivity index (χ0v) is 10.8. The summed E-state index contributed by atoms with van der Waals surface area (Å²) in [5, 5.41) is 7.37. The largest absolute Gasteiger partial charge is 0.398 e. The Hall–Kier alpha value is -2.01. The van der Waals surface area contributed by atoms with Gasteiger partial charge in [0.15, 0.2) is 0 Å². The number of hydrogen-bond acceptors (Lipinski definition) is 3. The molecule has 0 radical (unpaired) electrons.